The van der Waals surface area contributed by atoms with E-state index < -0.39 is 0 Å². The summed E-state index contributed by atoms with van der Waals surface area (Å²) in [6.07, 6.45) is 1.56. The normalized spacial score (nSPS) is 10.2. The Balaban J connectivity index is 1.97. The summed E-state index contributed by atoms with van der Waals surface area (Å²) in [4.78, 5) is 16.4. The molecule has 1 aromatic carbocycles. The molecule has 1 heterocycles. The predicted molar refractivity (Wildman–Crippen MR) is 83.9 cm³/mol. The first-order valence-electron chi connectivity index (χ1n) is 7.02. The summed E-state index contributed by atoms with van der Waals surface area (Å²) in [5.74, 6) is 5.77. The fraction of sp³-hybridized carbons (Fsp3) is 0.250. The molecule has 0 aliphatic rings. The first kappa shape index (κ1) is 15.0. The molecule has 5 nitrogen and oxygen atoms in total. The minimum Gasteiger partial charge on any atom is -0.352 e. The first-order chi connectivity index (χ1) is 10.2. The molecular weight excluding hydrogens is 264 g/mol. The Hall–Kier alpha value is -2.40. The Morgan fingerprint density at radius 2 is 2.00 bits per heavy atom. The molecule has 0 saturated carbocycles. The van der Waals surface area contributed by atoms with Gasteiger partial charge in [0.2, 0.25) is 0 Å². The number of nitrogen functional groups attached to an aromatic ring is 1. The van der Waals surface area contributed by atoms with Crippen molar-refractivity contribution in [2.45, 2.75) is 19.8 Å². The van der Waals surface area contributed by atoms with E-state index in [1.54, 1.807) is 12.1 Å². The van der Waals surface area contributed by atoms with Gasteiger partial charge in [0.1, 0.15) is 5.82 Å². The van der Waals surface area contributed by atoms with Crippen molar-refractivity contribution < 1.29 is 4.79 Å². The Labute approximate surface area is 124 Å². The number of aromatic nitrogens is 1. The summed E-state index contributed by atoms with van der Waals surface area (Å²) in [6.45, 7) is 2.58. The van der Waals surface area contributed by atoms with Crippen LogP contribution in [0.25, 0.3) is 0 Å². The van der Waals surface area contributed by atoms with Gasteiger partial charge in [-0.3, -0.25) is 4.79 Å². The minimum absolute atomic E-state index is 0.112. The first-order valence-corrected chi connectivity index (χ1v) is 7.02. The number of hydrazine groups is 1. The largest absolute Gasteiger partial charge is 0.352 e. The number of hydrogen-bond acceptors (Lipinski definition) is 4. The van der Waals surface area contributed by atoms with E-state index >= 15 is 0 Å². The van der Waals surface area contributed by atoms with Crippen molar-refractivity contribution in [3.8, 4) is 0 Å². The number of amides is 1. The molecule has 1 amide bonds. The van der Waals surface area contributed by atoms with Gasteiger partial charge in [0.15, 0.2) is 0 Å². The average molecular weight is 284 g/mol. The van der Waals surface area contributed by atoms with Crippen LogP contribution in [0.4, 0.5) is 5.82 Å². The highest BCUT2D eigenvalue weighted by atomic mass is 16.1. The topological polar surface area (TPSA) is 80.0 Å². The van der Waals surface area contributed by atoms with Crippen LogP contribution in [-0.2, 0) is 12.8 Å². The van der Waals surface area contributed by atoms with E-state index in [0.29, 0.717) is 17.9 Å². The van der Waals surface area contributed by atoms with Crippen LogP contribution in [0, 0.1) is 0 Å². The van der Waals surface area contributed by atoms with Crippen molar-refractivity contribution in [1.82, 2.24) is 10.3 Å². The zero-order valence-electron chi connectivity index (χ0n) is 12.1. The predicted octanol–water partition coefficient (Wildman–Crippen LogP) is 1.90. The highest BCUT2D eigenvalue weighted by Gasteiger charge is 2.08. The summed E-state index contributed by atoms with van der Waals surface area (Å²) >= 11 is 0. The number of benzene rings is 1. The van der Waals surface area contributed by atoms with Gasteiger partial charge in [0.25, 0.3) is 5.91 Å². The monoisotopic (exact) mass is 284 g/mol. The lowest BCUT2D eigenvalue weighted by atomic mass is 10.1. The molecule has 2 aromatic rings. The fourth-order valence-corrected chi connectivity index (χ4v) is 2.04. The zero-order valence-corrected chi connectivity index (χ0v) is 12.1. The van der Waals surface area contributed by atoms with E-state index in [0.717, 1.165) is 18.5 Å². The van der Waals surface area contributed by atoms with E-state index in [4.69, 9.17) is 5.84 Å². The number of rotatable bonds is 6. The molecular formula is C16H20N4O. The SMILES string of the molecule is CCc1cc(C(=O)NCCc2ccccc2)cc(NN)n1. The second-order valence-corrected chi connectivity index (χ2v) is 4.72. The molecule has 0 fully saturated rings. The van der Waals surface area contributed by atoms with Crippen LogP contribution in [0.5, 0.6) is 0 Å². The second kappa shape index (κ2) is 7.40. The maximum absolute atomic E-state index is 12.2. The van der Waals surface area contributed by atoms with Crippen LogP contribution in [0.2, 0.25) is 0 Å². The second-order valence-electron chi connectivity index (χ2n) is 4.72. The molecule has 2 rings (SSSR count). The number of nitrogens with two attached hydrogens (primary N) is 1. The zero-order chi connectivity index (χ0) is 15.1. The lowest BCUT2D eigenvalue weighted by Gasteiger charge is -2.08. The number of nitrogens with one attached hydrogen (secondary N) is 2. The molecule has 0 bridgehead atoms. The number of nitrogens with zero attached hydrogens (tertiary/aromatic N) is 1. The minimum atomic E-state index is -0.112. The van der Waals surface area contributed by atoms with E-state index in [-0.39, 0.29) is 5.91 Å². The standard InChI is InChI=1S/C16H20N4O/c1-2-14-10-13(11-15(19-14)20-17)16(21)18-9-8-12-6-4-3-5-7-12/h3-7,10-11H,2,8-9,17H2,1H3,(H,18,21)(H,19,20). The fourth-order valence-electron chi connectivity index (χ4n) is 2.04. The number of carbonyl (C=O) groups is 1. The highest BCUT2D eigenvalue weighted by Crippen LogP contribution is 2.10. The van der Waals surface area contributed by atoms with Crippen molar-refractivity contribution in [3.05, 3.63) is 59.3 Å². The Morgan fingerprint density at radius 1 is 1.24 bits per heavy atom. The third kappa shape index (κ3) is 4.29. The number of anilines is 1. The maximum atomic E-state index is 12.2. The molecule has 0 spiro atoms. The van der Waals surface area contributed by atoms with E-state index in [1.165, 1.54) is 5.56 Å². The lowest BCUT2D eigenvalue weighted by molar-refractivity contribution is 0.0954. The molecule has 0 aliphatic carbocycles. The molecule has 0 unspecified atom stereocenters. The van der Waals surface area contributed by atoms with Gasteiger partial charge in [0.05, 0.1) is 0 Å². The van der Waals surface area contributed by atoms with Crippen molar-refractivity contribution in [2.75, 3.05) is 12.0 Å². The van der Waals surface area contributed by atoms with Crippen molar-refractivity contribution in [3.63, 3.8) is 0 Å². The van der Waals surface area contributed by atoms with E-state index in [2.05, 4.69) is 15.7 Å². The molecule has 4 N–H and O–H groups in total. The van der Waals surface area contributed by atoms with Gasteiger partial charge in [-0.1, -0.05) is 37.3 Å². The summed E-state index contributed by atoms with van der Waals surface area (Å²) in [5.41, 5.74) is 5.09. The third-order valence-corrected chi connectivity index (χ3v) is 3.19. The maximum Gasteiger partial charge on any atom is 0.251 e. The lowest BCUT2D eigenvalue weighted by Crippen LogP contribution is -2.26. The van der Waals surface area contributed by atoms with Crippen LogP contribution in [0.15, 0.2) is 42.5 Å². The van der Waals surface area contributed by atoms with Gasteiger partial charge < -0.3 is 10.7 Å². The van der Waals surface area contributed by atoms with Gasteiger partial charge in [-0.05, 0) is 30.5 Å². The summed E-state index contributed by atoms with van der Waals surface area (Å²) in [6, 6.07) is 13.5. The number of carbonyl (C=O) groups excluding carboxylic acids is 1. The molecule has 0 atom stereocenters. The van der Waals surface area contributed by atoms with Crippen LogP contribution in [0.1, 0.15) is 28.5 Å². The van der Waals surface area contributed by atoms with Crippen molar-refractivity contribution in [2.24, 2.45) is 5.84 Å². The molecule has 5 heteroatoms. The van der Waals surface area contributed by atoms with Crippen molar-refractivity contribution in [1.29, 1.82) is 0 Å². The number of aryl methyl sites for hydroxylation is 1. The van der Waals surface area contributed by atoms with Gasteiger partial charge in [0, 0.05) is 17.8 Å². The van der Waals surface area contributed by atoms with Gasteiger partial charge in [-0.25, -0.2) is 10.8 Å². The molecule has 0 aliphatic heterocycles. The number of pyridine rings is 1. The quantitative estimate of drug-likeness (QED) is 0.559. The van der Waals surface area contributed by atoms with Gasteiger partial charge in [-0.15, -0.1) is 0 Å². The summed E-state index contributed by atoms with van der Waals surface area (Å²) in [5, 5.41) is 2.91. The van der Waals surface area contributed by atoms with E-state index in [9.17, 15) is 4.79 Å². The third-order valence-electron chi connectivity index (χ3n) is 3.19. The van der Waals surface area contributed by atoms with Gasteiger partial charge >= 0.3 is 0 Å². The van der Waals surface area contributed by atoms with Crippen LogP contribution in [-0.4, -0.2) is 17.4 Å². The molecule has 1 aromatic heterocycles. The van der Waals surface area contributed by atoms with Crippen LogP contribution in [0.3, 0.4) is 0 Å². The average Bonchev–Trinajstić information content (AvgIpc) is 2.55. The molecule has 0 radical (unpaired) electrons. The molecule has 21 heavy (non-hydrogen) atoms. The smallest absolute Gasteiger partial charge is 0.251 e. The molecule has 0 saturated heterocycles. The van der Waals surface area contributed by atoms with Crippen LogP contribution >= 0.6 is 0 Å². The van der Waals surface area contributed by atoms with Gasteiger partial charge in [-0.2, -0.15) is 0 Å². The summed E-state index contributed by atoms with van der Waals surface area (Å²) < 4.78 is 0. The summed E-state index contributed by atoms with van der Waals surface area (Å²) in [7, 11) is 0. The molecule has 110 valence electrons. The van der Waals surface area contributed by atoms with Crippen molar-refractivity contribution >= 4 is 11.7 Å². The highest BCUT2D eigenvalue weighted by molar-refractivity contribution is 5.95. The van der Waals surface area contributed by atoms with Crippen LogP contribution < -0.4 is 16.6 Å². The van der Waals surface area contributed by atoms with E-state index in [1.807, 2.05) is 37.3 Å². The number of hydrogen-bond donors (Lipinski definition) is 3. The Morgan fingerprint density at radius 3 is 2.67 bits per heavy atom. The Kier molecular flexibility index (Phi) is 5.29. The Bertz CT molecular complexity index is 576.